The number of nitrogens with two attached hydrogens (primary N) is 1. The van der Waals surface area contributed by atoms with Crippen LogP contribution in [-0.2, 0) is 0 Å². The van der Waals surface area contributed by atoms with Crippen molar-refractivity contribution in [1.29, 1.82) is 0 Å². The van der Waals surface area contributed by atoms with Crippen molar-refractivity contribution in [2.75, 3.05) is 19.6 Å². The summed E-state index contributed by atoms with van der Waals surface area (Å²) < 4.78 is 0. The lowest BCUT2D eigenvalue weighted by molar-refractivity contribution is 0.0742. The van der Waals surface area contributed by atoms with E-state index in [2.05, 4.69) is 16.8 Å². The summed E-state index contributed by atoms with van der Waals surface area (Å²) in [7, 11) is 0. The molecule has 0 radical (unpaired) electrons. The normalized spacial score (nSPS) is 15.8. The smallest absolute Gasteiger partial charge is 0.255 e. The molecule has 20 heavy (non-hydrogen) atoms. The van der Waals surface area contributed by atoms with E-state index in [1.807, 2.05) is 4.90 Å². The molecule has 1 aliphatic heterocycles. The van der Waals surface area contributed by atoms with Gasteiger partial charge in [0.1, 0.15) is 0 Å². The van der Waals surface area contributed by atoms with Crippen LogP contribution in [0.25, 0.3) is 0 Å². The molecule has 1 saturated heterocycles. The molecule has 0 spiro atoms. The molecule has 0 aliphatic carbocycles. The third kappa shape index (κ3) is 3.82. The fraction of sp³-hybridized carbons (Fsp3) is 0.500. The number of amides is 1. The summed E-state index contributed by atoms with van der Waals surface area (Å²) in [6.07, 6.45) is 9.15. The maximum absolute atomic E-state index is 12.6. The third-order valence-corrected chi connectivity index (χ3v) is 3.52. The van der Waals surface area contributed by atoms with Gasteiger partial charge in [0.15, 0.2) is 0 Å². The Hall–Kier alpha value is -1.86. The van der Waals surface area contributed by atoms with Crippen LogP contribution in [0.15, 0.2) is 18.5 Å². The fourth-order valence-electron chi connectivity index (χ4n) is 2.45. The van der Waals surface area contributed by atoms with Gasteiger partial charge in [0.05, 0.1) is 17.7 Å². The van der Waals surface area contributed by atoms with Gasteiger partial charge in [0, 0.05) is 25.5 Å². The van der Waals surface area contributed by atoms with Gasteiger partial charge >= 0.3 is 0 Å². The van der Waals surface area contributed by atoms with E-state index in [4.69, 9.17) is 5.73 Å². The summed E-state index contributed by atoms with van der Waals surface area (Å²) in [5.41, 5.74) is 6.71. The second-order valence-corrected chi connectivity index (χ2v) is 4.99. The molecule has 1 fully saturated rings. The third-order valence-electron chi connectivity index (χ3n) is 3.52. The zero-order valence-corrected chi connectivity index (χ0v) is 11.8. The molecule has 4 heteroatoms. The Morgan fingerprint density at radius 2 is 1.95 bits per heavy atom. The van der Waals surface area contributed by atoms with Crippen molar-refractivity contribution in [2.24, 2.45) is 5.73 Å². The average Bonchev–Trinajstić information content (AvgIpc) is 2.44. The van der Waals surface area contributed by atoms with Gasteiger partial charge in [-0.15, -0.1) is 0 Å². The van der Waals surface area contributed by atoms with Gasteiger partial charge in [0.2, 0.25) is 0 Å². The van der Waals surface area contributed by atoms with Gasteiger partial charge in [0.25, 0.3) is 5.91 Å². The van der Waals surface area contributed by atoms with Gasteiger partial charge < -0.3 is 10.6 Å². The summed E-state index contributed by atoms with van der Waals surface area (Å²) in [6, 6.07) is 1.75. The number of hydrogen-bond acceptors (Lipinski definition) is 3. The minimum absolute atomic E-state index is 0.0654. The Bertz CT molecular complexity index is 508. The molecule has 0 bridgehead atoms. The van der Waals surface area contributed by atoms with Crippen LogP contribution < -0.4 is 5.73 Å². The predicted octanol–water partition coefficient (Wildman–Crippen LogP) is 1.80. The summed E-state index contributed by atoms with van der Waals surface area (Å²) in [5.74, 6) is 5.79. The molecule has 2 heterocycles. The molecule has 1 aromatic heterocycles. The molecule has 1 aliphatic rings. The molecule has 2 N–H and O–H groups in total. The summed E-state index contributed by atoms with van der Waals surface area (Å²) in [5, 5.41) is 0. The minimum Gasteiger partial charge on any atom is -0.339 e. The summed E-state index contributed by atoms with van der Waals surface area (Å²) in [6.45, 7) is 1.96. The Morgan fingerprint density at radius 3 is 2.65 bits per heavy atom. The minimum atomic E-state index is 0.0654. The molecule has 1 amide bonds. The Morgan fingerprint density at radius 1 is 1.25 bits per heavy atom. The number of carbonyl (C=O) groups excluding carboxylic acids is 1. The number of hydrogen-bond donors (Lipinski definition) is 1. The van der Waals surface area contributed by atoms with Gasteiger partial charge in [-0.05, 0) is 18.9 Å². The van der Waals surface area contributed by atoms with Crippen LogP contribution in [0.3, 0.4) is 0 Å². The Kier molecular flexibility index (Phi) is 5.57. The highest BCUT2D eigenvalue weighted by Gasteiger charge is 2.18. The molecule has 0 unspecified atom stereocenters. The van der Waals surface area contributed by atoms with E-state index in [9.17, 15) is 4.79 Å². The number of rotatable bonds is 1. The van der Waals surface area contributed by atoms with Crippen molar-refractivity contribution in [3.63, 3.8) is 0 Å². The summed E-state index contributed by atoms with van der Waals surface area (Å²) >= 11 is 0. The van der Waals surface area contributed by atoms with Crippen LogP contribution in [0.1, 0.15) is 48.0 Å². The monoisotopic (exact) mass is 271 g/mol. The van der Waals surface area contributed by atoms with E-state index in [0.717, 1.165) is 25.9 Å². The lowest BCUT2D eigenvalue weighted by atomic mass is 10.1. The highest BCUT2D eigenvalue weighted by Crippen LogP contribution is 2.15. The van der Waals surface area contributed by atoms with E-state index in [1.54, 1.807) is 18.5 Å². The number of aromatic nitrogens is 1. The van der Waals surface area contributed by atoms with Crippen LogP contribution in [-0.4, -0.2) is 35.4 Å². The standard InChI is InChI=1S/C16H21N3O/c17-9-6-7-14-13-18-10-8-15(14)16(20)19-11-4-2-1-3-5-12-19/h8,10,13H,1-5,9,11-12,17H2. The van der Waals surface area contributed by atoms with Gasteiger partial charge in [-0.2, -0.15) is 0 Å². The molecule has 0 aromatic carbocycles. The van der Waals surface area contributed by atoms with Crippen LogP contribution >= 0.6 is 0 Å². The SMILES string of the molecule is NCC#Cc1cnccc1C(=O)N1CCCCCCC1. The predicted molar refractivity (Wildman–Crippen MR) is 79.2 cm³/mol. The van der Waals surface area contributed by atoms with Gasteiger partial charge in [-0.1, -0.05) is 31.1 Å². The first-order chi connectivity index (χ1) is 9.83. The molecule has 0 atom stereocenters. The van der Waals surface area contributed by atoms with Crippen molar-refractivity contribution in [3.8, 4) is 11.8 Å². The number of likely N-dealkylation sites (tertiary alicyclic amines) is 1. The van der Waals surface area contributed by atoms with Crippen LogP contribution in [0.4, 0.5) is 0 Å². The summed E-state index contributed by atoms with van der Waals surface area (Å²) in [4.78, 5) is 18.6. The van der Waals surface area contributed by atoms with Gasteiger partial charge in [-0.25, -0.2) is 0 Å². The molecule has 2 rings (SSSR count). The zero-order chi connectivity index (χ0) is 14.2. The van der Waals surface area contributed by atoms with Crippen LogP contribution in [0.2, 0.25) is 0 Å². The maximum Gasteiger partial charge on any atom is 0.255 e. The van der Waals surface area contributed by atoms with E-state index in [0.29, 0.717) is 11.1 Å². The first kappa shape index (κ1) is 14.5. The maximum atomic E-state index is 12.6. The lowest BCUT2D eigenvalue weighted by Crippen LogP contribution is -2.34. The molecule has 106 valence electrons. The van der Waals surface area contributed by atoms with Crippen molar-refractivity contribution in [2.45, 2.75) is 32.1 Å². The van der Waals surface area contributed by atoms with E-state index >= 15 is 0 Å². The fourth-order valence-corrected chi connectivity index (χ4v) is 2.45. The molecular weight excluding hydrogens is 250 g/mol. The molecule has 4 nitrogen and oxygen atoms in total. The lowest BCUT2D eigenvalue weighted by Gasteiger charge is -2.25. The molecular formula is C16H21N3O. The Labute approximate surface area is 120 Å². The van der Waals surface area contributed by atoms with Crippen molar-refractivity contribution in [3.05, 3.63) is 29.6 Å². The quantitative estimate of drug-likeness (QED) is 0.792. The van der Waals surface area contributed by atoms with Crippen molar-refractivity contribution >= 4 is 5.91 Å². The van der Waals surface area contributed by atoms with Crippen molar-refractivity contribution in [1.82, 2.24) is 9.88 Å². The average molecular weight is 271 g/mol. The zero-order valence-electron chi connectivity index (χ0n) is 11.8. The highest BCUT2D eigenvalue weighted by molar-refractivity contribution is 5.96. The van der Waals surface area contributed by atoms with E-state index in [-0.39, 0.29) is 12.5 Å². The largest absolute Gasteiger partial charge is 0.339 e. The Balaban J connectivity index is 2.18. The number of nitrogens with zero attached hydrogens (tertiary/aromatic N) is 2. The molecule has 0 saturated carbocycles. The van der Waals surface area contributed by atoms with Crippen LogP contribution in [0.5, 0.6) is 0 Å². The second-order valence-electron chi connectivity index (χ2n) is 4.99. The highest BCUT2D eigenvalue weighted by atomic mass is 16.2. The first-order valence-corrected chi connectivity index (χ1v) is 7.25. The molecule has 1 aromatic rings. The van der Waals surface area contributed by atoms with E-state index in [1.165, 1.54) is 19.3 Å². The van der Waals surface area contributed by atoms with Gasteiger partial charge in [-0.3, -0.25) is 9.78 Å². The van der Waals surface area contributed by atoms with E-state index < -0.39 is 0 Å². The topological polar surface area (TPSA) is 59.2 Å². The van der Waals surface area contributed by atoms with Crippen LogP contribution in [0, 0.1) is 11.8 Å². The number of carbonyl (C=O) groups is 1. The first-order valence-electron chi connectivity index (χ1n) is 7.25. The van der Waals surface area contributed by atoms with Crippen molar-refractivity contribution < 1.29 is 4.79 Å². The number of pyridine rings is 1. The second kappa shape index (κ2) is 7.66.